The molecule has 0 aliphatic heterocycles. The third-order valence-corrected chi connectivity index (χ3v) is 4.38. The van der Waals surface area contributed by atoms with Crippen molar-refractivity contribution in [3.63, 3.8) is 0 Å². The molecule has 1 heterocycles. The predicted molar refractivity (Wildman–Crippen MR) is 97.9 cm³/mol. The Kier molecular flexibility index (Phi) is 3.05. The van der Waals surface area contributed by atoms with Gasteiger partial charge in [0.15, 0.2) is 0 Å². The zero-order chi connectivity index (χ0) is 16.0. The topological polar surface area (TPSA) is 13.1 Å². The first kappa shape index (κ1) is 14.1. The van der Waals surface area contributed by atoms with Crippen LogP contribution in [0, 0.1) is 0 Å². The molecule has 0 atom stereocenters. The Morgan fingerprint density at radius 2 is 1.39 bits per heavy atom. The first-order chi connectivity index (χ1) is 11.1. The van der Waals surface area contributed by atoms with Crippen molar-refractivity contribution in [3.8, 4) is 11.1 Å². The lowest BCUT2D eigenvalue weighted by Crippen LogP contribution is -2.13. The summed E-state index contributed by atoms with van der Waals surface area (Å²) in [6.07, 6.45) is 0. The Labute approximate surface area is 136 Å². The molecule has 0 amide bonds. The zero-order valence-electron chi connectivity index (χ0n) is 13.8. The van der Waals surface area contributed by atoms with Crippen molar-refractivity contribution in [1.29, 1.82) is 0 Å². The van der Waals surface area contributed by atoms with E-state index >= 15 is 0 Å². The van der Waals surface area contributed by atoms with Gasteiger partial charge < -0.3 is 4.42 Å². The van der Waals surface area contributed by atoms with Gasteiger partial charge in [0.2, 0.25) is 0 Å². The van der Waals surface area contributed by atoms with Crippen LogP contribution in [0.4, 0.5) is 0 Å². The van der Waals surface area contributed by atoms with Crippen LogP contribution >= 0.6 is 0 Å². The van der Waals surface area contributed by atoms with E-state index in [0.717, 1.165) is 11.2 Å². The molecule has 4 aromatic rings. The Morgan fingerprint density at radius 1 is 0.696 bits per heavy atom. The molecule has 0 N–H and O–H groups in total. The van der Waals surface area contributed by atoms with Crippen LogP contribution in [0.15, 0.2) is 71.1 Å². The quantitative estimate of drug-likeness (QED) is 0.388. The second kappa shape index (κ2) is 4.99. The van der Waals surface area contributed by atoms with E-state index in [1.807, 2.05) is 12.1 Å². The summed E-state index contributed by atoms with van der Waals surface area (Å²) in [5.41, 5.74) is 5.85. The molecule has 114 valence electrons. The summed E-state index contributed by atoms with van der Waals surface area (Å²) in [5, 5.41) is 2.44. The summed E-state index contributed by atoms with van der Waals surface area (Å²) < 4.78 is 6.08. The van der Waals surface area contributed by atoms with Gasteiger partial charge in [-0.2, -0.15) is 0 Å². The van der Waals surface area contributed by atoms with Crippen LogP contribution in [-0.2, 0) is 5.41 Å². The van der Waals surface area contributed by atoms with Gasteiger partial charge in [-0.15, -0.1) is 0 Å². The summed E-state index contributed by atoms with van der Waals surface area (Å²) in [5.74, 6) is 0. The first-order valence-electron chi connectivity index (χ1n) is 8.06. The molecule has 0 radical (unpaired) electrons. The molecule has 0 aliphatic carbocycles. The molecule has 0 saturated heterocycles. The minimum absolute atomic E-state index is 0.0251. The highest BCUT2D eigenvalue weighted by Gasteiger charge is 2.24. The molecule has 0 fully saturated rings. The van der Waals surface area contributed by atoms with E-state index in [1.165, 1.54) is 27.5 Å². The third kappa shape index (κ3) is 2.24. The minimum atomic E-state index is 0.0251. The summed E-state index contributed by atoms with van der Waals surface area (Å²) in [4.78, 5) is 0. The molecule has 23 heavy (non-hydrogen) atoms. The van der Waals surface area contributed by atoms with Crippen molar-refractivity contribution < 1.29 is 4.42 Å². The number of hydrogen-bond donors (Lipinski definition) is 0. The molecule has 0 unspecified atom stereocenters. The second-order valence-corrected chi connectivity index (χ2v) is 7.08. The fraction of sp³-hybridized carbons (Fsp3) is 0.182. The van der Waals surface area contributed by atoms with Gasteiger partial charge in [-0.05, 0) is 34.2 Å². The Hall–Kier alpha value is -2.54. The molecule has 1 heteroatoms. The van der Waals surface area contributed by atoms with E-state index < -0.39 is 0 Å². The van der Waals surface area contributed by atoms with Gasteiger partial charge in [-0.1, -0.05) is 75.4 Å². The monoisotopic (exact) mass is 300 g/mol. The Balaban J connectivity index is 2.18. The maximum Gasteiger partial charge on any atom is 0.135 e. The smallest absolute Gasteiger partial charge is 0.135 e. The van der Waals surface area contributed by atoms with Crippen LogP contribution in [0.3, 0.4) is 0 Å². The van der Waals surface area contributed by atoms with Gasteiger partial charge in [0.25, 0.3) is 0 Å². The minimum Gasteiger partial charge on any atom is -0.456 e. The summed E-state index contributed by atoms with van der Waals surface area (Å²) in [6.45, 7) is 6.82. The van der Waals surface area contributed by atoms with E-state index in [4.69, 9.17) is 4.42 Å². The number of rotatable bonds is 1. The lowest BCUT2D eigenvalue weighted by atomic mass is 9.79. The lowest BCUT2D eigenvalue weighted by molar-refractivity contribution is 0.596. The average Bonchev–Trinajstić information content (AvgIpc) is 2.92. The van der Waals surface area contributed by atoms with Gasteiger partial charge in [0.05, 0.1) is 0 Å². The number of benzene rings is 3. The van der Waals surface area contributed by atoms with Crippen LogP contribution < -0.4 is 0 Å². The van der Waals surface area contributed by atoms with Crippen molar-refractivity contribution >= 4 is 21.9 Å². The van der Waals surface area contributed by atoms with Crippen molar-refractivity contribution in [1.82, 2.24) is 0 Å². The number of para-hydroxylation sites is 1. The maximum atomic E-state index is 6.08. The molecular formula is C22H20O. The van der Waals surface area contributed by atoms with Crippen molar-refractivity contribution in [2.45, 2.75) is 26.2 Å². The SMILES string of the molecule is CC(C)(C)c1c(-c2ccccc2)ccc2oc3ccccc3c12. The highest BCUT2D eigenvalue weighted by atomic mass is 16.3. The highest BCUT2D eigenvalue weighted by Crippen LogP contribution is 2.42. The molecule has 0 bridgehead atoms. The Morgan fingerprint density at radius 3 is 2.13 bits per heavy atom. The predicted octanol–water partition coefficient (Wildman–Crippen LogP) is 6.55. The highest BCUT2D eigenvalue weighted by molar-refractivity contribution is 6.09. The number of furan rings is 1. The van der Waals surface area contributed by atoms with Gasteiger partial charge in [-0.3, -0.25) is 0 Å². The van der Waals surface area contributed by atoms with E-state index in [0.29, 0.717) is 0 Å². The lowest BCUT2D eigenvalue weighted by Gasteiger charge is -2.24. The van der Waals surface area contributed by atoms with Crippen LogP contribution in [0.1, 0.15) is 26.3 Å². The van der Waals surface area contributed by atoms with E-state index in [9.17, 15) is 0 Å². The van der Waals surface area contributed by atoms with Crippen LogP contribution in [0.5, 0.6) is 0 Å². The maximum absolute atomic E-state index is 6.08. The van der Waals surface area contributed by atoms with Gasteiger partial charge >= 0.3 is 0 Å². The normalized spacial score (nSPS) is 12.1. The van der Waals surface area contributed by atoms with Crippen molar-refractivity contribution in [2.75, 3.05) is 0 Å². The molecule has 0 saturated carbocycles. The average molecular weight is 300 g/mol. The summed E-state index contributed by atoms with van der Waals surface area (Å²) in [7, 11) is 0. The molecule has 0 aliphatic rings. The van der Waals surface area contributed by atoms with Gasteiger partial charge in [0, 0.05) is 10.8 Å². The first-order valence-corrected chi connectivity index (χ1v) is 8.06. The van der Waals surface area contributed by atoms with Crippen molar-refractivity contribution in [2.24, 2.45) is 0 Å². The van der Waals surface area contributed by atoms with E-state index in [-0.39, 0.29) is 5.41 Å². The largest absolute Gasteiger partial charge is 0.456 e. The standard InChI is InChI=1S/C22H20O/c1-22(2,3)21-16(15-9-5-4-6-10-15)13-14-19-20(21)17-11-7-8-12-18(17)23-19/h4-14H,1-3H3. The second-order valence-electron chi connectivity index (χ2n) is 7.08. The zero-order valence-corrected chi connectivity index (χ0v) is 13.8. The van der Waals surface area contributed by atoms with E-state index in [2.05, 4.69) is 75.4 Å². The summed E-state index contributed by atoms with van der Waals surface area (Å²) >= 11 is 0. The van der Waals surface area contributed by atoms with Gasteiger partial charge in [-0.25, -0.2) is 0 Å². The fourth-order valence-corrected chi connectivity index (χ4v) is 3.45. The number of hydrogen-bond acceptors (Lipinski definition) is 1. The molecule has 1 nitrogen and oxygen atoms in total. The third-order valence-electron chi connectivity index (χ3n) is 4.38. The van der Waals surface area contributed by atoms with Crippen LogP contribution in [0.25, 0.3) is 33.1 Å². The van der Waals surface area contributed by atoms with Gasteiger partial charge in [0.1, 0.15) is 11.2 Å². The fourth-order valence-electron chi connectivity index (χ4n) is 3.45. The number of fused-ring (bicyclic) bond motifs is 3. The molecular weight excluding hydrogens is 280 g/mol. The Bertz CT molecular complexity index is 985. The van der Waals surface area contributed by atoms with E-state index in [1.54, 1.807) is 0 Å². The molecule has 1 aromatic heterocycles. The van der Waals surface area contributed by atoms with Crippen molar-refractivity contribution in [3.05, 3.63) is 72.3 Å². The summed E-state index contributed by atoms with van der Waals surface area (Å²) in [6, 6.07) is 23.2. The molecule has 4 rings (SSSR count). The van der Waals surface area contributed by atoms with Crippen LogP contribution in [-0.4, -0.2) is 0 Å². The van der Waals surface area contributed by atoms with Crippen LogP contribution in [0.2, 0.25) is 0 Å². The molecule has 3 aromatic carbocycles. The molecule has 0 spiro atoms.